The fraction of sp³-hybridized carbons (Fsp3) is 0.900. The molecule has 4 atom stereocenters. The summed E-state index contributed by atoms with van der Waals surface area (Å²) in [7, 11) is 0. The number of carbonyl (C=O) groups is 1. The Bertz CT molecular complexity index is 183. The molecule has 3 saturated carbocycles. The molecular weight excluding hydrogens is 136 g/mol. The van der Waals surface area contributed by atoms with Gasteiger partial charge in [-0.3, -0.25) is 4.79 Å². The predicted molar refractivity (Wildman–Crippen MR) is 44.2 cm³/mol. The largest absolute Gasteiger partial charge is 0.299 e. The molecule has 0 spiro atoms. The molecule has 2 bridgehead atoms. The van der Waals surface area contributed by atoms with Crippen LogP contribution in [0.4, 0.5) is 0 Å². The van der Waals surface area contributed by atoms with Crippen LogP contribution in [0.15, 0.2) is 0 Å². The highest BCUT2D eigenvalue weighted by Crippen LogP contribution is 2.46. The molecule has 0 aromatic carbocycles. The van der Waals surface area contributed by atoms with Crippen molar-refractivity contribution in [2.45, 2.75) is 33.1 Å². The van der Waals surface area contributed by atoms with E-state index < -0.39 is 0 Å². The third-order valence-corrected chi connectivity index (χ3v) is 3.93. The van der Waals surface area contributed by atoms with Crippen molar-refractivity contribution in [3.63, 3.8) is 0 Å². The zero-order valence-electron chi connectivity index (χ0n) is 7.34. The summed E-state index contributed by atoms with van der Waals surface area (Å²) in [5.41, 5.74) is 0. The maximum absolute atomic E-state index is 11.4. The molecule has 0 aliphatic heterocycles. The quantitative estimate of drug-likeness (QED) is 0.520. The second-order valence-electron chi connectivity index (χ2n) is 4.33. The SMILES string of the molecule is C[C@H]1[C@H]2CC[C@@H](C(=O)C2)[C@H]1C. The molecule has 3 aliphatic carbocycles. The van der Waals surface area contributed by atoms with Crippen LogP contribution in [0.3, 0.4) is 0 Å². The average molecular weight is 152 g/mol. The Morgan fingerprint density at radius 3 is 2.36 bits per heavy atom. The van der Waals surface area contributed by atoms with Gasteiger partial charge >= 0.3 is 0 Å². The van der Waals surface area contributed by atoms with E-state index in [1.54, 1.807) is 0 Å². The molecule has 11 heavy (non-hydrogen) atoms. The van der Waals surface area contributed by atoms with Crippen LogP contribution in [-0.2, 0) is 4.79 Å². The van der Waals surface area contributed by atoms with Gasteiger partial charge in [-0.05, 0) is 30.6 Å². The molecule has 0 saturated heterocycles. The van der Waals surface area contributed by atoms with Crippen molar-refractivity contribution in [3.8, 4) is 0 Å². The molecule has 1 nitrogen and oxygen atoms in total. The minimum absolute atomic E-state index is 0.426. The van der Waals surface area contributed by atoms with Crippen molar-refractivity contribution in [2.75, 3.05) is 0 Å². The number of fused-ring (bicyclic) bond motifs is 3. The summed E-state index contributed by atoms with van der Waals surface area (Å²) in [4.78, 5) is 11.4. The monoisotopic (exact) mass is 152 g/mol. The van der Waals surface area contributed by atoms with Gasteiger partial charge in [0.25, 0.3) is 0 Å². The Hall–Kier alpha value is -0.330. The van der Waals surface area contributed by atoms with Crippen LogP contribution in [0.2, 0.25) is 0 Å². The number of ketones is 1. The smallest absolute Gasteiger partial charge is 0.136 e. The summed E-state index contributed by atoms with van der Waals surface area (Å²) in [5.74, 6) is 3.16. The van der Waals surface area contributed by atoms with Gasteiger partial charge in [0.2, 0.25) is 0 Å². The number of Topliss-reactive ketones (excluding diaryl/α,β-unsaturated/α-hetero) is 1. The van der Waals surface area contributed by atoms with Gasteiger partial charge in [-0.2, -0.15) is 0 Å². The fourth-order valence-corrected chi connectivity index (χ4v) is 2.87. The van der Waals surface area contributed by atoms with E-state index in [9.17, 15) is 4.79 Å². The lowest BCUT2D eigenvalue weighted by atomic mass is 9.59. The lowest BCUT2D eigenvalue weighted by molar-refractivity contribution is -0.135. The highest BCUT2D eigenvalue weighted by molar-refractivity contribution is 5.83. The average Bonchev–Trinajstić information content (AvgIpc) is 1.99. The van der Waals surface area contributed by atoms with Crippen LogP contribution in [-0.4, -0.2) is 5.78 Å². The Morgan fingerprint density at radius 2 is 1.91 bits per heavy atom. The van der Waals surface area contributed by atoms with Gasteiger partial charge in [0.05, 0.1) is 0 Å². The van der Waals surface area contributed by atoms with Gasteiger partial charge in [0, 0.05) is 12.3 Å². The molecule has 0 aromatic heterocycles. The van der Waals surface area contributed by atoms with Gasteiger partial charge in [0.1, 0.15) is 5.78 Å². The zero-order chi connectivity index (χ0) is 8.01. The molecular formula is C10H16O. The summed E-state index contributed by atoms with van der Waals surface area (Å²) in [6, 6.07) is 0. The van der Waals surface area contributed by atoms with Crippen LogP contribution in [0.25, 0.3) is 0 Å². The summed E-state index contributed by atoms with van der Waals surface area (Å²) < 4.78 is 0. The number of hydrogen-bond acceptors (Lipinski definition) is 1. The lowest BCUT2D eigenvalue weighted by Gasteiger charge is -2.44. The second-order valence-corrected chi connectivity index (χ2v) is 4.33. The minimum atomic E-state index is 0.426. The van der Waals surface area contributed by atoms with Gasteiger partial charge in [-0.15, -0.1) is 0 Å². The van der Waals surface area contributed by atoms with Crippen LogP contribution in [0.5, 0.6) is 0 Å². The van der Waals surface area contributed by atoms with E-state index in [-0.39, 0.29) is 0 Å². The van der Waals surface area contributed by atoms with E-state index in [0.717, 1.165) is 18.3 Å². The third-order valence-electron chi connectivity index (χ3n) is 3.93. The second kappa shape index (κ2) is 2.33. The van der Waals surface area contributed by atoms with E-state index in [4.69, 9.17) is 0 Å². The molecule has 3 aliphatic rings. The van der Waals surface area contributed by atoms with E-state index in [1.165, 1.54) is 12.8 Å². The van der Waals surface area contributed by atoms with Gasteiger partial charge < -0.3 is 0 Å². The number of rotatable bonds is 0. The Labute approximate surface area is 68.2 Å². The van der Waals surface area contributed by atoms with Gasteiger partial charge in [0.15, 0.2) is 0 Å². The molecule has 0 radical (unpaired) electrons. The van der Waals surface area contributed by atoms with Crippen LogP contribution < -0.4 is 0 Å². The first kappa shape index (κ1) is 7.33. The normalized spacial score (nSPS) is 49.8. The van der Waals surface area contributed by atoms with E-state index in [0.29, 0.717) is 17.6 Å². The van der Waals surface area contributed by atoms with E-state index >= 15 is 0 Å². The van der Waals surface area contributed by atoms with Gasteiger partial charge in [-0.1, -0.05) is 13.8 Å². The highest BCUT2D eigenvalue weighted by Gasteiger charge is 2.43. The first-order chi connectivity index (χ1) is 5.20. The standard InChI is InChI=1S/C10H16O/c1-6-7(2)9-4-3-8(6)5-10(9)11/h6-9H,3-5H2,1-2H3/t6-,7+,8+,9-/m1/s1. The third kappa shape index (κ3) is 0.935. The summed E-state index contributed by atoms with van der Waals surface area (Å²) >= 11 is 0. The molecule has 62 valence electrons. The highest BCUT2D eigenvalue weighted by atomic mass is 16.1. The van der Waals surface area contributed by atoms with Crippen molar-refractivity contribution < 1.29 is 4.79 Å². The molecule has 3 rings (SSSR count). The maximum Gasteiger partial charge on any atom is 0.136 e. The number of hydrogen-bond donors (Lipinski definition) is 0. The topological polar surface area (TPSA) is 17.1 Å². The van der Waals surface area contributed by atoms with Crippen molar-refractivity contribution in [1.82, 2.24) is 0 Å². The van der Waals surface area contributed by atoms with Crippen LogP contribution in [0, 0.1) is 23.7 Å². The summed E-state index contributed by atoms with van der Waals surface area (Å²) in [5, 5.41) is 0. The van der Waals surface area contributed by atoms with Crippen LogP contribution >= 0.6 is 0 Å². The van der Waals surface area contributed by atoms with Crippen molar-refractivity contribution in [3.05, 3.63) is 0 Å². The maximum atomic E-state index is 11.4. The summed E-state index contributed by atoms with van der Waals surface area (Å²) in [6.07, 6.45) is 3.37. The van der Waals surface area contributed by atoms with Crippen molar-refractivity contribution in [2.24, 2.45) is 23.7 Å². The molecule has 0 aromatic rings. The van der Waals surface area contributed by atoms with Crippen molar-refractivity contribution >= 4 is 5.78 Å². The molecule has 0 unspecified atom stereocenters. The van der Waals surface area contributed by atoms with Crippen molar-refractivity contribution in [1.29, 1.82) is 0 Å². The zero-order valence-corrected chi connectivity index (χ0v) is 7.34. The lowest BCUT2D eigenvalue weighted by Crippen LogP contribution is -2.42. The minimum Gasteiger partial charge on any atom is -0.299 e. The first-order valence-corrected chi connectivity index (χ1v) is 4.73. The van der Waals surface area contributed by atoms with E-state index in [1.807, 2.05) is 0 Å². The van der Waals surface area contributed by atoms with E-state index in [2.05, 4.69) is 13.8 Å². The molecule has 3 fully saturated rings. The number of carbonyl (C=O) groups excluding carboxylic acids is 1. The molecule has 0 heterocycles. The first-order valence-electron chi connectivity index (χ1n) is 4.73. The Kier molecular flexibility index (Phi) is 1.55. The molecule has 1 heteroatoms. The summed E-state index contributed by atoms with van der Waals surface area (Å²) in [6.45, 7) is 4.56. The molecule has 0 amide bonds. The Morgan fingerprint density at radius 1 is 1.18 bits per heavy atom. The van der Waals surface area contributed by atoms with Crippen LogP contribution in [0.1, 0.15) is 33.1 Å². The van der Waals surface area contributed by atoms with Gasteiger partial charge in [-0.25, -0.2) is 0 Å². The Balaban J connectivity index is 2.23. The predicted octanol–water partition coefficient (Wildman–Crippen LogP) is 2.26. The fourth-order valence-electron chi connectivity index (χ4n) is 2.87. The molecule has 0 N–H and O–H groups in total.